The smallest absolute Gasteiger partial charge is 0.236 e. The van der Waals surface area contributed by atoms with Gasteiger partial charge in [-0.3, -0.25) is 9.69 Å². The molecule has 5 heteroatoms. The molecule has 0 saturated heterocycles. The number of amides is 1. The molecule has 0 radical (unpaired) electrons. The van der Waals surface area contributed by atoms with E-state index in [1.807, 2.05) is 24.8 Å². The van der Waals surface area contributed by atoms with Crippen LogP contribution in [-0.2, 0) is 17.8 Å². The summed E-state index contributed by atoms with van der Waals surface area (Å²) in [6, 6.07) is 4.08. The van der Waals surface area contributed by atoms with Crippen molar-refractivity contribution in [2.24, 2.45) is 0 Å². The predicted molar refractivity (Wildman–Crippen MR) is 86.5 cm³/mol. The second-order valence-corrected chi connectivity index (χ2v) is 5.50. The minimum Gasteiger partial charge on any atom is -0.493 e. The summed E-state index contributed by atoms with van der Waals surface area (Å²) in [6.07, 6.45) is 0.932. The van der Waals surface area contributed by atoms with Crippen LogP contribution < -0.4 is 9.47 Å². The lowest BCUT2D eigenvalue weighted by Crippen LogP contribution is -2.42. The van der Waals surface area contributed by atoms with E-state index in [4.69, 9.17) is 9.47 Å². The van der Waals surface area contributed by atoms with Crippen molar-refractivity contribution in [1.82, 2.24) is 9.80 Å². The Balaban J connectivity index is 2.09. The Kier molecular flexibility index (Phi) is 5.66. The van der Waals surface area contributed by atoms with Crippen molar-refractivity contribution >= 4 is 5.91 Å². The number of rotatable bonds is 6. The monoisotopic (exact) mass is 306 g/mol. The molecule has 0 N–H and O–H groups in total. The highest BCUT2D eigenvalue weighted by molar-refractivity contribution is 5.78. The summed E-state index contributed by atoms with van der Waals surface area (Å²) < 4.78 is 10.7. The second kappa shape index (κ2) is 7.49. The summed E-state index contributed by atoms with van der Waals surface area (Å²) in [5.74, 6) is 1.72. The van der Waals surface area contributed by atoms with Crippen LogP contribution in [0.15, 0.2) is 12.1 Å². The average molecular weight is 306 g/mol. The molecule has 22 heavy (non-hydrogen) atoms. The van der Waals surface area contributed by atoms with E-state index >= 15 is 0 Å². The lowest BCUT2D eigenvalue weighted by atomic mass is 9.99. The van der Waals surface area contributed by atoms with Crippen LogP contribution >= 0.6 is 0 Å². The molecule has 1 aromatic carbocycles. The zero-order valence-electron chi connectivity index (χ0n) is 14.0. The van der Waals surface area contributed by atoms with Crippen molar-refractivity contribution in [2.45, 2.75) is 26.8 Å². The fourth-order valence-corrected chi connectivity index (χ4v) is 2.94. The van der Waals surface area contributed by atoms with Gasteiger partial charge in [-0.05, 0) is 43.5 Å². The Hall–Kier alpha value is -1.75. The van der Waals surface area contributed by atoms with Crippen LogP contribution in [0, 0.1) is 0 Å². The standard InChI is InChI=1S/C17H26N2O3/c1-5-19(6-2)17(20)12-18-8-7-13-9-15(21-3)16(22-4)10-14(13)11-18/h9-10H,5-8,11-12H2,1-4H3. The zero-order valence-corrected chi connectivity index (χ0v) is 14.0. The van der Waals surface area contributed by atoms with Crippen molar-refractivity contribution in [3.8, 4) is 11.5 Å². The molecule has 0 atom stereocenters. The quantitative estimate of drug-likeness (QED) is 0.805. The van der Waals surface area contributed by atoms with E-state index in [0.717, 1.165) is 44.1 Å². The normalized spacial score (nSPS) is 14.4. The first-order valence-electron chi connectivity index (χ1n) is 7.86. The Morgan fingerprint density at radius 3 is 2.27 bits per heavy atom. The third-order valence-electron chi connectivity index (χ3n) is 4.27. The predicted octanol–water partition coefficient (Wildman–Crippen LogP) is 1.93. The van der Waals surface area contributed by atoms with E-state index in [1.165, 1.54) is 11.1 Å². The summed E-state index contributed by atoms with van der Waals surface area (Å²) in [6.45, 7) is 7.73. The molecule has 1 aliphatic rings. The maximum atomic E-state index is 12.2. The number of carbonyl (C=O) groups excluding carboxylic acids is 1. The van der Waals surface area contributed by atoms with Gasteiger partial charge < -0.3 is 14.4 Å². The van der Waals surface area contributed by atoms with E-state index in [1.54, 1.807) is 14.2 Å². The Morgan fingerprint density at radius 2 is 1.73 bits per heavy atom. The molecule has 1 heterocycles. The summed E-state index contributed by atoms with van der Waals surface area (Å²) >= 11 is 0. The summed E-state index contributed by atoms with van der Waals surface area (Å²) in [4.78, 5) is 16.3. The third-order valence-corrected chi connectivity index (χ3v) is 4.27. The Morgan fingerprint density at radius 1 is 1.14 bits per heavy atom. The number of methoxy groups -OCH3 is 2. The Bertz CT molecular complexity index is 527. The van der Waals surface area contributed by atoms with Crippen LogP contribution in [0.5, 0.6) is 11.5 Å². The molecule has 5 nitrogen and oxygen atoms in total. The van der Waals surface area contributed by atoms with Crippen LogP contribution in [0.3, 0.4) is 0 Å². The highest BCUT2D eigenvalue weighted by Crippen LogP contribution is 2.33. The molecule has 0 unspecified atom stereocenters. The van der Waals surface area contributed by atoms with Crippen molar-refractivity contribution < 1.29 is 14.3 Å². The van der Waals surface area contributed by atoms with Gasteiger partial charge in [0.2, 0.25) is 5.91 Å². The van der Waals surface area contributed by atoms with Crippen molar-refractivity contribution in [3.63, 3.8) is 0 Å². The van der Waals surface area contributed by atoms with Crippen LogP contribution in [0.1, 0.15) is 25.0 Å². The van der Waals surface area contributed by atoms with E-state index in [9.17, 15) is 4.79 Å². The van der Waals surface area contributed by atoms with Gasteiger partial charge in [0.05, 0.1) is 20.8 Å². The van der Waals surface area contributed by atoms with Gasteiger partial charge in [0.25, 0.3) is 0 Å². The van der Waals surface area contributed by atoms with E-state index in [2.05, 4.69) is 11.0 Å². The molecule has 0 fully saturated rings. The molecule has 0 aromatic heterocycles. The molecule has 1 aromatic rings. The van der Waals surface area contributed by atoms with Gasteiger partial charge in [0.1, 0.15) is 0 Å². The number of hydrogen-bond acceptors (Lipinski definition) is 4. The molecular weight excluding hydrogens is 280 g/mol. The van der Waals surface area contributed by atoms with Gasteiger partial charge in [0, 0.05) is 26.2 Å². The average Bonchev–Trinajstić information content (AvgIpc) is 2.54. The number of fused-ring (bicyclic) bond motifs is 1. The molecule has 0 saturated carbocycles. The van der Waals surface area contributed by atoms with E-state index < -0.39 is 0 Å². The van der Waals surface area contributed by atoms with Gasteiger partial charge in [-0.1, -0.05) is 0 Å². The number of hydrogen-bond donors (Lipinski definition) is 0. The van der Waals surface area contributed by atoms with Crippen LogP contribution in [-0.4, -0.2) is 56.1 Å². The lowest BCUT2D eigenvalue weighted by molar-refractivity contribution is -0.132. The van der Waals surface area contributed by atoms with Crippen molar-refractivity contribution in [3.05, 3.63) is 23.3 Å². The summed E-state index contributed by atoms with van der Waals surface area (Å²) in [7, 11) is 3.30. The highest BCUT2D eigenvalue weighted by atomic mass is 16.5. The highest BCUT2D eigenvalue weighted by Gasteiger charge is 2.22. The molecule has 122 valence electrons. The zero-order chi connectivity index (χ0) is 16.1. The molecular formula is C17H26N2O3. The van der Waals surface area contributed by atoms with E-state index in [-0.39, 0.29) is 5.91 Å². The first-order valence-corrected chi connectivity index (χ1v) is 7.86. The van der Waals surface area contributed by atoms with Gasteiger partial charge >= 0.3 is 0 Å². The Labute approximate surface area is 132 Å². The molecule has 1 aliphatic heterocycles. The van der Waals surface area contributed by atoms with Crippen LogP contribution in [0.25, 0.3) is 0 Å². The number of nitrogens with zero attached hydrogens (tertiary/aromatic N) is 2. The molecule has 0 spiro atoms. The number of benzene rings is 1. The SMILES string of the molecule is CCN(CC)C(=O)CN1CCc2cc(OC)c(OC)cc2C1. The van der Waals surface area contributed by atoms with Crippen LogP contribution in [0.2, 0.25) is 0 Å². The number of ether oxygens (including phenoxy) is 2. The third kappa shape index (κ3) is 3.53. The van der Waals surface area contributed by atoms with Crippen molar-refractivity contribution in [2.75, 3.05) is 40.4 Å². The van der Waals surface area contributed by atoms with Gasteiger partial charge in [0.15, 0.2) is 11.5 Å². The molecule has 1 amide bonds. The van der Waals surface area contributed by atoms with Gasteiger partial charge in [-0.25, -0.2) is 0 Å². The van der Waals surface area contributed by atoms with E-state index in [0.29, 0.717) is 6.54 Å². The van der Waals surface area contributed by atoms with Gasteiger partial charge in [-0.15, -0.1) is 0 Å². The lowest BCUT2D eigenvalue weighted by Gasteiger charge is -2.30. The molecule has 0 bridgehead atoms. The number of carbonyl (C=O) groups is 1. The maximum absolute atomic E-state index is 12.2. The second-order valence-electron chi connectivity index (χ2n) is 5.50. The maximum Gasteiger partial charge on any atom is 0.236 e. The largest absolute Gasteiger partial charge is 0.493 e. The molecule has 0 aliphatic carbocycles. The van der Waals surface area contributed by atoms with Gasteiger partial charge in [-0.2, -0.15) is 0 Å². The fourth-order valence-electron chi connectivity index (χ4n) is 2.94. The first-order chi connectivity index (χ1) is 10.6. The van der Waals surface area contributed by atoms with Crippen molar-refractivity contribution in [1.29, 1.82) is 0 Å². The van der Waals surface area contributed by atoms with Crippen LogP contribution in [0.4, 0.5) is 0 Å². The molecule has 2 rings (SSSR count). The minimum atomic E-state index is 0.203. The topological polar surface area (TPSA) is 42.0 Å². The summed E-state index contributed by atoms with van der Waals surface area (Å²) in [5, 5.41) is 0. The minimum absolute atomic E-state index is 0.203. The first kappa shape index (κ1) is 16.6. The fraction of sp³-hybridized carbons (Fsp3) is 0.588. The summed E-state index contributed by atoms with van der Waals surface area (Å²) in [5.41, 5.74) is 2.50. The number of likely N-dealkylation sites (N-methyl/N-ethyl adjacent to an activating group) is 1.